The number of hydrogen-bond acceptors (Lipinski definition) is 4. The third-order valence-corrected chi connectivity index (χ3v) is 5.41. The number of rotatable bonds is 3. The minimum absolute atomic E-state index is 0.0536. The number of hydrogen-bond donors (Lipinski definition) is 1. The quantitative estimate of drug-likeness (QED) is 0.823. The van der Waals surface area contributed by atoms with Crippen molar-refractivity contribution in [3.8, 4) is 0 Å². The van der Waals surface area contributed by atoms with Crippen molar-refractivity contribution in [3.63, 3.8) is 0 Å². The van der Waals surface area contributed by atoms with Crippen LogP contribution in [0.2, 0.25) is 0 Å². The molecule has 1 aromatic rings. The number of carbonyl (C=O) groups excluding carboxylic acids is 1. The molecule has 8 heteroatoms. The summed E-state index contributed by atoms with van der Waals surface area (Å²) in [7, 11) is -3.47. The zero-order chi connectivity index (χ0) is 16.6. The summed E-state index contributed by atoms with van der Waals surface area (Å²) in [6.45, 7) is 1.19. The molecule has 1 N–H and O–H groups in total. The Morgan fingerprint density at radius 2 is 1.87 bits per heavy atom. The first-order valence-electron chi connectivity index (χ1n) is 7.57. The Balaban J connectivity index is 1.86. The van der Waals surface area contributed by atoms with Gasteiger partial charge in [0.2, 0.25) is 0 Å². The normalized spacial score (nSPS) is 18.1. The molecule has 0 unspecified atom stereocenters. The molecule has 1 saturated carbocycles. The van der Waals surface area contributed by atoms with Gasteiger partial charge in [-0.3, -0.25) is 9.80 Å². The fourth-order valence-electron chi connectivity index (χ4n) is 2.62. The number of hydrazine groups is 1. The van der Waals surface area contributed by atoms with Crippen molar-refractivity contribution in [3.05, 3.63) is 29.8 Å². The van der Waals surface area contributed by atoms with Gasteiger partial charge in [-0.05, 0) is 43.6 Å². The van der Waals surface area contributed by atoms with Crippen LogP contribution in [0.4, 0.5) is 0 Å². The van der Waals surface area contributed by atoms with Crippen LogP contribution in [0, 0.1) is 0 Å². The van der Waals surface area contributed by atoms with Crippen LogP contribution in [0.1, 0.15) is 29.6 Å². The Labute approximate surface area is 141 Å². The molecule has 124 valence electrons. The van der Waals surface area contributed by atoms with Crippen LogP contribution in [-0.2, 0) is 9.84 Å². The molecule has 0 spiro atoms. The Morgan fingerprint density at radius 1 is 1.22 bits per heavy atom. The molecule has 0 radical (unpaired) electrons. The summed E-state index contributed by atoms with van der Waals surface area (Å²) in [5, 5.41) is 7.05. The molecule has 1 aromatic carbocycles. The van der Waals surface area contributed by atoms with E-state index in [1.165, 1.54) is 6.07 Å². The lowest BCUT2D eigenvalue weighted by Gasteiger charge is -2.30. The van der Waals surface area contributed by atoms with E-state index >= 15 is 0 Å². The Hall–Kier alpha value is -1.67. The predicted octanol–water partition coefficient (Wildman–Crippen LogP) is 1.19. The topological polar surface area (TPSA) is 69.7 Å². The molecule has 0 aromatic heterocycles. The first-order valence-corrected chi connectivity index (χ1v) is 9.87. The van der Waals surface area contributed by atoms with Crippen molar-refractivity contribution < 1.29 is 13.2 Å². The van der Waals surface area contributed by atoms with Crippen LogP contribution >= 0.6 is 12.2 Å². The third kappa shape index (κ3) is 3.48. The van der Waals surface area contributed by atoms with Crippen molar-refractivity contribution in [2.24, 2.45) is 0 Å². The Bertz CT molecular complexity index is 744. The highest BCUT2D eigenvalue weighted by Gasteiger charge is 2.33. The van der Waals surface area contributed by atoms with Gasteiger partial charge in [0, 0.05) is 25.4 Å². The van der Waals surface area contributed by atoms with E-state index in [1.807, 2.05) is 0 Å². The van der Waals surface area contributed by atoms with Gasteiger partial charge in [-0.15, -0.1) is 0 Å². The molecule has 6 nitrogen and oxygen atoms in total. The van der Waals surface area contributed by atoms with Crippen LogP contribution in [-0.4, -0.2) is 54.8 Å². The second-order valence-electron chi connectivity index (χ2n) is 5.90. The number of sulfone groups is 1. The summed E-state index contributed by atoms with van der Waals surface area (Å²) in [5.41, 5.74) is 0.191. The van der Waals surface area contributed by atoms with Crippen LogP contribution in [0.3, 0.4) is 0 Å². The standard InChI is InChI=1S/C15H19N3O3S2/c1-23(20,21)13-6-3-2-5-12(13)14(19)17-9-4-10-18(17)15(22)16-11-7-8-11/h2-3,5-6,11H,4,7-10H2,1H3,(H,16,22). The van der Waals surface area contributed by atoms with Gasteiger partial charge in [0.1, 0.15) is 0 Å². The predicted molar refractivity (Wildman–Crippen MR) is 90.7 cm³/mol. The highest BCUT2D eigenvalue weighted by Crippen LogP contribution is 2.23. The lowest BCUT2D eigenvalue weighted by atomic mass is 10.2. The van der Waals surface area contributed by atoms with E-state index in [0.29, 0.717) is 24.2 Å². The van der Waals surface area contributed by atoms with E-state index in [4.69, 9.17) is 12.2 Å². The number of carbonyl (C=O) groups is 1. The van der Waals surface area contributed by atoms with Crippen molar-refractivity contribution in [1.29, 1.82) is 0 Å². The maximum Gasteiger partial charge on any atom is 0.273 e. The number of thiocarbonyl (C=S) groups is 1. The fraction of sp³-hybridized carbons (Fsp3) is 0.467. The minimum atomic E-state index is -3.47. The summed E-state index contributed by atoms with van der Waals surface area (Å²) >= 11 is 5.39. The average molecular weight is 353 g/mol. The number of nitrogens with one attached hydrogen (secondary N) is 1. The molecular weight excluding hydrogens is 334 g/mol. The van der Waals surface area contributed by atoms with Gasteiger partial charge >= 0.3 is 0 Å². The van der Waals surface area contributed by atoms with Crippen LogP contribution in [0.15, 0.2) is 29.2 Å². The van der Waals surface area contributed by atoms with Gasteiger partial charge in [-0.2, -0.15) is 0 Å². The Morgan fingerprint density at radius 3 is 2.52 bits per heavy atom. The molecule has 0 atom stereocenters. The van der Waals surface area contributed by atoms with Crippen LogP contribution < -0.4 is 5.32 Å². The second-order valence-corrected chi connectivity index (χ2v) is 8.27. The largest absolute Gasteiger partial charge is 0.358 e. The molecule has 1 heterocycles. The molecule has 0 bridgehead atoms. The van der Waals surface area contributed by atoms with E-state index in [-0.39, 0.29) is 16.4 Å². The van der Waals surface area contributed by atoms with Gasteiger partial charge in [0.05, 0.1) is 10.5 Å². The summed E-state index contributed by atoms with van der Waals surface area (Å²) in [6.07, 6.45) is 4.11. The maximum absolute atomic E-state index is 12.9. The van der Waals surface area contributed by atoms with Crippen molar-refractivity contribution in [2.45, 2.75) is 30.2 Å². The second kappa shape index (κ2) is 6.09. The van der Waals surface area contributed by atoms with E-state index in [2.05, 4.69) is 5.32 Å². The lowest BCUT2D eigenvalue weighted by molar-refractivity contribution is 0.0487. The molecule has 3 rings (SSSR count). The van der Waals surface area contributed by atoms with Gasteiger partial charge in [0.15, 0.2) is 14.9 Å². The molecular formula is C15H19N3O3S2. The number of amides is 1. The monoisotopic (exact) mass is 353 g/mol. The molecule has 1 aliphatic heterocycles. The summed E-state index contributed by atoms with van der Waals surface area (Å²) in [4.78, 5) is 12.9. The smallest absolute Gasteiger partial charge is 0.273 e. The lowest BCUT2D eigenvalue weighted by Crippen LogP contribution is -2.49. The van der Waals surface area contributed by atoms with Gasteiger partial charge in [0.25, 0.3) is 5.91 Å². The van der Waals surface area contributed by atoms with Crippen molar-refractivity contribution >= 4 is 33.1 Å². The van der Waals surface area contributed by atoms with E-state index in [1.54, 1.807) is 28.2 Å². The van der Waals surface area contributed by atoms with Gasteiger partial charge < -0.3 is 5.32 Å². The van der Waals surface area contributed by atoms with Gasteiger partial charge in [-0.25, -0.2) is 13.4 Å². The number of nitrogens with zero attached hydrogens (tertiary/aromatic N) is 2. The van der Waals surface area contributed by atoms with Crippen LogP contribution in [0.5, 0.6) is 0 Å². The molecule has 1 amide bonds. The molecule has 1 saturated heterocycles. The highest BCUT2D eigenvalue weighted by molar-refractivity contribution is 7.90. The van der Waals surface area contributed by atoms with Gasteiger partial charge in [-0.1, -0.05) is 12.1 Å². The van der Waals surface area contributed by atoms with E-state index in [0.717, 1.165) is 25.5 Å². The van der Waals surface area contributed by atoms with Crippen molar-refractivity contribution in [2.75, 3.05) is 19.3 Å². The SMILES string of the molecule is CS(=O)(=O)c1ccccc1C(=O)N1CCCN1C(=S)NC1CC1. The summed E-state index contributed by atoms with van der Waals surface area (Å²) in [5.74, 6) is -0.330. The maximum atomic E-state index is 12.9. The molecule has 1 aliphatic carbocycles. The van der Waals surface area contributed by atoms with Crippen molar-refractivity contribution in [1.82, 2.24) is 15.3 Å². The minimum Gasteiger partial charge on any atom is -0.358 e. The first-order chi connectivity index (χ1) is 10.9. The van der Waals surface area contributed by atoms with E-state index in [9.17, 15) is 13.2 Å². The summed E-state index contributed by atoms with van der Waals surface area (Å²) < 4.78 is 23.8. The average Bonchev–Trinajstić information content (AvgIpc) is 3.17. The zero-order valence-electron chi connectivity index (χ0n) is 12.9. The molecule has 2 aliphatic rings. The van der Waals surface area contributed by atoms with Crippen LogP contribution in [0.25, 0.3) is 0 Å². The fourth-order valence-corrected chi connectivity index (χ4v) is 3.85. The summed E-state index contributed by atoms with van der Waals surface area (Å²) in [6, 6.07) is 6.71. The Kier molecular flexibility index (Phi) is 4.29. The molecule has 2 fully saturated rings. The highest BCUT2D eigenvalue weighted by atomic mass is 32.2. The van der Waals surface area contributed by atoms with E-state index < -0.39 is 9.84 Å². The third-order valence-electron chi connectivity index (χ3n) is 3.92. The zero-order valence-corrected chi connectivity index (χ0v) is 14.5. The first kappa shape index (κ1) is 16.2. The number of benzene rings is 1. The molecule has 23 heavy (non-hydrogen) atoms.